The second kappa shape index (κ2) is 7.23. The summed E-state index contributed by atoms with van der Waals surface area (Å²) in [5, 5.41) is 3.49. The predicted octanol–water partition coefficient (Wildman–Crippen LogP) is 3.77. The Hall–Kier alpha value is -0.720. The molecule has 122 valence electrons. The fourth-order valence-corrected chi connectivity index (χ4v) is 3.47. The van der Waals surface area contributed by atoms with Crippen LogP contribution < -0.4 is 10.1 Å². The summed E-state index contributed by atoms with van der Waals surface area (Å²) in [7, 11) is 0. The highest BCUT2D eigenvalue weighted by molar-refractivity contribution is 9.10. The number of likely N-dealkylation sites (tertiary alicyclic amines) is 1. The lowest BCUT2D eigenvalue weighted by Crippen LogP contribution is -2.43. The van der Waals surface area contributed by atoms with Crippen molar-refractivity contribution in [2.45, 2.75) is 50.9 Å². The molecule has 1 heterocycles. The van der Waals surface area contributed by atoms with Gasteiger partial charge in [-0.05, 0) is 57.0 Å². The standard InChI is InChI=1S/C16H21BrF2N2O/c17-12-1-4-15(22-16(18)19)11(9-12)10-20-13-5-7-21(8-6-13)14-2-3-14/h1,4,9,13-14,16,20H,2-3,5-8,10H2. The summed E-state index contributed by atoms with van der Waals surface area (Å²) >= 11 is 3.38. The normalized spacial score (nSPS) is 20.5. The molecule has 0 atom stereocenters. The molecule has 0 bridgehead atoms. The van der Waals surface area contributed by atoms with Crippen LogP contribution in [0.5, 0.6) is 5.75 Å². The van der Waals surface area contributed by atoms with Crippen molar-refractivity contribution in [3.8, 4) is 5.75 Å². The van der Waals surface area contributed by atoms with Crippen molar-refractivity contribution in [2.24, 2.45) is 0 Å². The number of ether oxygens (including phenoxy) is 1. The van der Waals surface area contributed by atoms with Gasteiger partial charge in [0.1, 0.15) is 5.75 Å². The lowest BCUT2D eigenvalue weighted by molar-refractivity contribution is -0.0505. The van der Waals surface area contributed by atoms with Crippen molar-refractivity contribution >= 4 is 15.9 Å². The summed E-state index contributed by atoms with van der Waals surface area (Å²) in [5.41, 5.74) is 0.763. The zero-order valence-electron chi connectivity index (χ0n) is 12.4. The van der Waals surface area contributed by atoms with Crippen LogP contribution in [-0.4, -0.2) is 36.7 Å². The molecule has 3 rings (SSSR count). The highest BCUT2D eigenvalue weighted by atomic mass is 79.9. The number of hydrogen-bond donors (Lipinski definition) is 1. The molecule has 0 unspecified atom stereocenters. The fraction of sp³-hybridized carbons (Fsp3) is 0.625. The van der Waals surface area contributed by atoms with E-state index in [2.05, 4.69) is 30.9 Å². The minimum Gasteiger partial charge on any atom is -0.434 e. The van der Waals surface area contributed by atoms with E-state index in [1.165, 1.54) is 12.8 Å². The number of nitrogens with zero attached hydrogens (tertiary/aromatic N) is 1. The van der Waals surface area contributed by atoms with Crippen molar-refractivity contribution in [1.29, 1.82) is 0 Å². The van der Waals surface area contributed by atoms with Gasteiger partial charge in [0.25, 0.3) is 0 Å². The molecule has 1 saturated heterocycles. The van der Waals surface area contributed by atoms with E-state index in [0.717, 1.165) is 42.0 Å². The smallest absolute Gasteiger partial charge is 0.387 e. The Kier molecular flexibility index (Phi) is 5.31. The first kappa shape index (κ1) is 16.1. The minimum atomic E-state index is -2.79. The quantitative estimate of drug-likeness (QED) is 0.820. The molecule has 0 radical (unpaired) electrons. The third-order valence-electron chi connectivity index (χ3n) is 4.41. The molecule has 1 aromatic carbocycles. The van der Waals surface area contributed by atoms with Crippen molar-refractivity contribution < 1.29 is 13.5 Å². The van der Waals surface area contributed by atoms with E-state index in [-0.39, 0.29) is 5.75 Å². The van der Waals surface area contributed by atoms with Crippen molar-refractivity contribution in [3.63, 3.8) is 0 Å². The summed E-state index contributed by atoms with van der Waals surface area (Å²) < 4.78 is 30.4. The Morgan fingerprint density at radius 1 is 1.23 bits per heavy atom. The Balaban J connectivity index is 1.53. The van der Waals surface area contributed by atoms with E-state index in [4.69, 9.17) is 0 Å². The molecule has 1 saturated carbocycles. The van der Waals surface area contributed by atoms with Gasteiger partial charge in [0.05, 0.1) is 0 Å². The van der Waals surface area contributed by atoms with E-state index in [0.29, 0.717) is 12.6 Å². The Morgan fingerprint density at radius 2 is 1.95 bits per heavy atom. The van der Waals surface area contributed by atoms with Gasteiger partial charge >= 0.3 is 6.61 Å². The second-order valence-corrected chi connectivity index (χ2v) is 6.97. The average Bonchev–Trinajstić information content (AvgIpc) is 3.32. The maximum atomic E-state index is 12.5. The highest BCUT2D eigenvalue weighted by Gasteiger charge is 2.31. The molecular formula is C16H21BrF2N2O. The molecule has 2 aliphatic rings. The first-order valence-electron chi connectivity index (χ1n) is 7.82. The van der Waals surface area contributed by atoms with Crippen LogP contribution in [0.25, 0.3) is 0 Å². The molecule has 1 N–H and O–H groups in total. The molecule has 2 fully saturated rings. The zero-order valence-corrected chi connectivity index (χ0v) is 14.0. The summed E-state index contributed by atoms with van der Waals surface area (Å²) in [4.78, 5) is 2.57. The number of benzene rings is 1. The lowest BCUT2D eigenvalue weighted by Gasteiger charge is -2.32. The summed E-state index contributed by atoms with van der Waals surface area (Å²) in [5.74, 6) is 0.251. The zero-order chi connectivity index (χ0) is 15.5. The summed E-state index contributed by atoms with van der Waals surface area (Å²) in [6.07, 6.45) is 4.94. The van der Waals surface area contributed by atoms with Gasteiger partial charge in [0.15, 0.2) is 0 Å². The molecule has 3 nitrogen and oxygen atoms in total. The van der Waals surface area contributed by atoms with Gasteiger partial charge in [0.2, 0.25) is 0 Å². The van der Waals surface area contributed by atoms with E-state index in [1.54, 1.807) is 12.1 Å². The molecule has 22 heavy (non-hydrogen) atoms. The van der Waals surface area contributed by atoms with Crippen LogP contribution in [0.3, 0.4) is 0 Å². The van der Waals surface area contributed by atoms with Crippen LogP contribution in [0.15, 0.2) is 22.7 Å². The van der Waals surface area contributed by atoms with Gasteiger partial charge in [-0.25, -0.2) is 0 Å². The van der Waals surface area contributed by atoms with Gasteiger partial charge in [-0.1, -0.05) is 15.9 Å². The fourth-order valence-electron chi connectivity index (χ4n) is 3.06. The van der Waals surface area contributed by atoms with Crippen molar-refractivity contribution in [3.05, 3.63) is 28.2 Å². The molecular weight excluding hydrogens is 354 g/mol. The van der Waals surface area contributed by atoms with Gasteiger partial charge in [0, 0.05) is 28.7 Å². The Bertz CT molecular complexity index is 503. The minimum absolute atomic E-state index is 0.251. The average molecular weight is 375 g/mol. The van der Waals surface area contributed by atoms with E-state index >= 15 is 0 Å². The maximum absolute atomic E-state index is 12.5. The number of rotatable bonds is 6. The molecule has 0 amide bonds. The third kappa shape index (κ3) is 4.40. The van der Waals surface area contributed by atoms with Crippen molar-refractivity contribution in [2.75, 3.05) is 13.1 Å². The van der Waals surface area contributed by atoms with Crippen LogP contribution in [0, 0.1) is 0 Å². The number of hydrogen-bond acceptors (Lipinski definition) is 3. The number of alkyl halides is 2. The molecule has 1 aliphatic heterocycles. The first-order chi connectivity index (χ1) is 10.6. The Labute approximate surface area is 138 Å². The predicted molar refractivity (Wildman–Crippen MR) is 85.2 cm³/mol. The van der Waals surface area contributed by atoms with Crippen molar-refractivity contribution in [1.82, 2.24) is 10.2 Å². The van der Waals surface area contributed by atoms with Gasteiger partial charge in [-0.2, -0.15) is 8.78 Å². The molecule has 1 aromatic rings. The molecule has 0 spiro atoms. The number of halogens is 3. The molecule has 6 heteroatoms. The topological polar surface area (TPSA) is 24.5 Å². The highest BCUT2D eigenvalue weighted by Crippen LogP contribution is 2.30. The lowest BCUT2D eigenvalue weighted by atomic mass is 10.0. The first-order valence-corrected chi connectivity index (χ1v) is 8.62. The van der Waals surface area contributed by atoms with E-state index in [1.807, 2.05) is 6.07 Å². The van der Waals surface area contributed by atoms with Gasteiger partial charge in [-0.3, -0.25) is 0 Å². The van der Waals surface area contributed by atoms with Gasteiger partial charge < -0.3 is 15.0 Å². The maximum Gasteiger partial charge on any atom is 0.387 e. The van der Waals surface area contributed by atoms with E-state index in [9.17, 15) is 8.78 Å². The third-order valence-corrected chi connectivity index (χ3v) is 4.91. The largest absolute Gasteiger partial charge is 0.434 e. The summed E-state index contributed by atoms with van der Waals surface area (Å²) in [6, 6.07) is 6.42. The summed E-state index contributed by atoms with van der Waals surface area (Å²) in [6.45, 7) is 0.0413. The van der Waals surface area contributed by atoms with Gasteiger partial charge in [-0.15, -0.1) is 0 Å². The SMILES string of the molecule is FC(F)Oc1ccc(Br)cc1CNC1CCN(C2CC2)CC1. The second-order valence-electron chi connectivity index (χ2n) is 6.05. The number of piperidine rings is 1. The van der Waals surface area contributed by atoms with Crippen LogP contribution >= 0.6 is 15.9 Å². The molecule has 1 aliphatic carbocycles. The Morgan fingerprint density at radius 3 is 2.59 bits per heavy atom. The van der Waals surface area contributed by atoms with E-state index < -0.39 is 6.61 Å². The molecule has 0 aromatic heterocycles. The van der Waals surface area contributed by atoms with Crippen LogP contribution in [0.2, 0.25) is 0 Å². The number of nitrogens with one attached hydrogen (secondary N) is 1. The van der Waals surface area contributed by atoms with Crippen LogP contribution in [-0.2, 0) is 6.54 Å². The van der Waals surface area contributed by atoms with Crippen LogP contribution in [0.4, 0.5) is 8.78 Å². The van der Waals surface area contributed by atoms with Crippen LogP contribution in [0.1, 0.15) is 31.2 Å². The monoisotopic (exact) mass is 374 g/mol.